The van der Waals surface area contributed by atoms with Crippen LogP contribution >= 0.6 is 33.2 Å². The third-order valence-corrected chi connectivity index (χ3v) is 19.7. The summed E-state index contributed by atoms with van der Waals surface area (Å²) >= 11 is 18.5. The standard InChI is InChI=1S/C12H24Cl2O2Si4.C9H14ClOSi2.Li/c1-17(2,15-19(5,6)13)11-9-10-12-18(3,4)16-20(7,8)14;1-6-7-8-9-12(2,3)11-13(4,5)10;/h1-8H3;9H2,2-5H3;/q;-1;+1. The Morgan fingerprint density at radius 2 is 0.912 bits per heavy atom. The fourth-order valence-corrected chi connectivity index (χ4v) is 24.9. The molecule has 0 heterocycles. The normalized spacial score (nSPS) is 12.1. The molecular weight excluding hydrogens is 582 g/mol. The van der Waals surface area contributed by atoms with E-state index in [1.165, 1.54) is 0 Å². The van der Waals surface area contributed by atoms with Crippen molar-refractivity contribution in [1.29, 1.82) is 0 Å². The van der Waals surface area contributed by atoms with Gasteiger partial charge < -0.3 is 18.8 Å². The second-order valence-corrected chi connectivity index (χ2v) is 39.5. The first-order valence-corrected chi connectivity index (χ1v) is 31.2. The second kappa shape index (κ2) is 16.0. The molecule has 0 rings (SSSR count). The molecule has 0 aliphatic heterocycles. The molecule has 0 amide bonds. The van der Waals surface area contributed by atoms with Gasteiger partial charge in [0.25, 0.3) is 39.5 Å². The molecule has 0 aliphatic rings. The first-order chi connectivity index (χ1) is 14.4. The minimum Gasteiger partial charge on any atom is -0.444 e. The van der Waals surface area contributed by atoms with Crippen LogP contribution in [0.3, 0.4) is 0 Å². The number of hydrogen-bond acceptors (Lipinski definition) is 3. The molecule has 0 fully saturated rings. The minimum absolute atomic E-state index is 0. The van der Waals surface area contributed by atoms with Crippen LogP contribution in [0.4, 0.5) is 0 Å². The van der Waals surface area contributed by atoms with Gasteiger partial charge in [0, 0.05) is 6.04 Å². The molecule has 0 aromatic rings. The van der Waals surface area contributed by atoms with Crippen LogP contribution in [0.5, 0.6) is 0 Å². The molecule has 0 aliphatic carbocycles. The third-order valence-electron chi connectivity index (χ3n) is 2.97. The van der Waals surface area contributed by atoms with Crippen LogP contribution in [0.25, 0.3) is 0 Å². The minimum atomic E-state index is -2.07. The van der Waals surface area contributed by atoms with Crippen LogP contribution in [-0.4, -0.2) is 47.8 Å². The van der Waals surface area contributed by atoms with Gasteiger partial charge in [-0.05, 0) is 90.4 Å². The summed E-state index contributed by atoms with van der Waals surface area (Å²) in [6.07, 6.45) is 6.62. The van der Waals surface area contributed by atoms with Crippen molar-refractivity contribution in [3.8, 4) is 40.7 Å². The maximum absolute atomic E-state index is 6.62. The molecule has 0 aromatic carbocycles. The Kier molecular flexibility index (Phi) is 18.5. The van der Waals surface area contributed by atoms with Gasteiger partial charge in [0.05, 0.1) is 0 Å². The van der Waals surface area contributed by atoms with Gasteiger partial charge in [-0.3, -0.25) is 11.8 Å². The van der Waals surface area contributed by atoms with Crippen LogP contribution in [-0.2, 0) is 12.3 Å². The van der Waals surface area contributed by atoms with Crippen molar-refractivity contribution < 1.29 is 31.2 Å². The zero-order chi connectivity index (χ0) is 26.8. The van der Waals surface area contributed by atoms with Crippen LogP contribution in [0.2, 0.25) is 84.6 Å². The van der Waals surface area contributed by atoms with Crippen molar-refractivity contribution in [2.24, 2.45) is 0 Å². The quantitative estimate of drug-likeness (QED) is 0.186. The van der Waals surface area contributed by atoms with E-state index in [1.807, 2.05) is 71.4 Å². The molecule has 0 saturated heterocycles. The van der Waals surface area contributed by atoms with Crippen molar-refractivity contribution >= 4 is 81.1 Å². The molecule has 186 valence electrons. The predicted molar refractivity (Wildman–Crippen MR) is 161 cm³/mol. The Morgan fingerprint density at radius 3 is 1.18 bits per heavy atom. The molecule has 0 aromatic heterocycles. The summed E-state index contributed by atoms with van der Waals surface area (Å²) in [6, 6.07) is 0.710. The molecule has 34 heavy (non-hydrogen) atoms. The van der Waals surface area contributed by atoms with Gasteiger partial charge in [0.1, 0.15) is 0 Å². The van der Waals surface area contributed by atoms with E-state index < -0.39 is 47.8 Å². The average Bonchev–Trinajstić information content (AvgIpc) is 2.45. The van der Waals surface area contributed by atoms with Crippen LogP contribution in [0.1, 0.15) is 0 Å². The first-order valence-electron chi connectivity index (χ1n) is 10.5. The summed E-state index contributed by atoms with van der Waals surface area (Å²) in [5.41, 5.74) is 6.28. The van der Waals surface area contributed by atoms with Gasteiger partial charge in [-0.2, -0.15) is 0 Å². The van der Waals surface area contributed by atoms with E-state index in [0.717, 1.165) is 0 Å². The molecule has 0 bridgehead atoms. The Hall–Kier alpha value is 0.889. The van der Waals surface area contributed by atoms with Crippen molar-refractivity contribution in [1.82, 2.24) is 0 Å². The number of rotatable bonds is 7. The smallest absolute Gasteiger partial charge is 0.444 e. The summed E-state index contributed by atoms with van der Waals surface area (Å²) in [4.78, 5) is 0. The maximum Gasteiger partial charge on any atom is 1.00 e. The molecule has 13 heteroatoms. The maximum atomic E-state index is 6.62. The molecule has 3 nitrogen and oxygen atoms in total. The summed E-state index contributed by atoms with van der Waals surface area (Å²) in [5, 5.41) is 0. The SMILES string of the molecule is C[Si](C)(Cl)O[Si](C)(C)C#CC#C[Si](C)(C)O[Si](C)(C)Cl.[C-]#CC#CC[Si](C)(C)O[Si](C)(C)Cl.[Li+]. The van der Waals surface area contributed by atoms with Gasteiger partial charge in [-0.25, -0.2) is 5.92 Å². The van der Waals surface area contributed by atoms with Crippen LogP contribution in [0, 0.1) is 47.1 Å². The third kappa shape index (κ3) is 29.1. The fourth-order valence-electron chi connectivity index (χ4n) is 2.62. The fraction of sp³-hybridized carbons (Fsp3) is 0.619. The largest absolute Gasteiger partial charge is 1.00 e. The van der Waals surface area contributed by atoms with Crippen molar-refractivity contribution in [2.75, 3.05) is 0 Å². The van der Waals surface area contributed by atoms with Gasteiger partial charge in [-0.15, -0.1) is 33.2 Å². The summed E-state index contributed by atoms with van der Waals surface area (Å²) in [7, 11) is -11.9. The van der Waals surface area contributed by atoms with E-state index >= 15 is 0 Å². The summed E-state index contributed by atoms with van der Waals surface area (Å²) in [5.74, 6) is 13.2. The Labute approximate surface area is 242 Å². The average molecular weight is 620 g/mol. The molecular formula is C21H38Cl3LiO3Si6. The molecule has 0 saturated carbocycles. The van der Waals surface area contributed by atoms with Crippen molar-refractivity contribution in [3.63, 3.8) is 0 Å². The molecule has 0 spiro atoms. The van der Waals surface area contributed by atoms with E-state index in [-0.39, 0.29) is 18.9 Å². The molecule has 0 atom stereocenters. The van der Waals surface area contributed by atoms with Gasteiger partial charge >= 0.3 is 18.9 Å². The Balaban J connectivity index is -0.000000598. The predicted octanol–water partition coefficient (Wildman–Crippen LogP) is 4.14. The monoisotopic (exact) mass is 618 g/mol. The van der Waals surface area contributed by atoms with E-state index in [4.69, 9.17) is 52.0 Å². The van der Waals surface area contributed by atoms with E-state index in [0.29, 0.717) is 6.04 Å². The molecule has 0 radical (unpaired) electrons. The van der Waals surface area contributed by atoms with Crippen molar-refractivity contribution in [2.45, 2.75) is 84.6 Å². The molecule has 0 N–H and O–H groups in total. The molecule has 0 unspecified atom stereocenters. The van der Waals surface area contributed by atoms with Crippen molar-refractivity contribution in [3.05, 3.63) is 6.42 Å². The van der Waals surface area contributed by atoms with Crippen LogP contribution < -0.4 is 18.9 Å². The Bertz CT molecular complexity index is 823. The van der Waals surface area contributed by atoms with E-state index in [9.17, 15) is 0 Å². The topological polar surface area (TPSA) is 27.7 Å². The zero-order valence-electron chi connectivity index (χ0n) is 23.1. The number of halogens is 3. The van der Waals surface area contributed by atoms with Gasteiger partial charge in [0.2, 0.25) is 0 Å². The zero-order valence-corrected chi connectivity index (χ0v) is 31.3. The van der Waals surface area contributed by atoms with Gasteiger partial charge in [-0.1, -0.05) is 11.1 Å². The Morgan fingerprint density at radius 1 is 0.588 bits per heavy atom. The van der Waals surface area contributed by atoms with E-state index in [1.54, 1.807) is 0 Å². The first kappa shape index (κ1) is 39.4. The second-order valence-electron chi connectivity index (χ2n) is 10.3. The summed E-state index contributed by atoms with van der Waals surface area (Å²) in [6.45, 7) is 24.0. The van der Waals surface area contributed by atoms with Gasteiger partial charge in [0.15, 0.2) is 8.32 Å². The summed E-state index contributed by atoms with van der Waals surface area (Å²) < 4.78 is 17.6. The van der Waals surface area contributed by atoms with Crippen LogP contribution in [0.15, 0.2) is 0 Å². The number of hydrogen-bond donors (Lipinski definition) is 0. The van der Waals surface area contributed by atoms with E-state index in [2.05, 4.69) is 47.9 Å².